The maximum atomic E-state index is 2.39. The lowest BCUT2D eigenvalue weighted by molar-refractivity contribution is 0.590. The third kappa shape index (κ3) is 4.32. The minimum atomic E-state index is 0.191. The topological polar surface area (TPSA) is 0 Å². The Hall–Kier alpha value is -2.60. The SMILES string of the molecule is CC(C=C(c1ccccc1)c1ccccc1)c1ccc(C(C)(C)C)cc1. The van der Waals surface area contributed by atoms with Crippen LogP contribution >= 0.6 is 0 Å². The van der Waals surface area contributed by atoms with E-state index in [0.717, 1.165) is 0 Å². The van der Waals surface area contributed by atoms with Gasteiger partial charge in [0.1, 0.15) is 0 Å². The first-order valence-corrected chi connectivity index (χ1v) is 9.38. The molecule has 132 valence electrons. The normalized spacial score (nSPS) is 12.5. The van der Waals surface area contributed by atoms with E-state index >= 15 is 0 Å². The van der Waals surface area contributed by atoms with Gasteiger partial charge in [-0.1, -0.05) is 119 Å². The van der Waals surface area contributed by atoms with Gasteiger partial charge in [-0.25, -0.2) is 0 Å². The fraction of sp³-hybridized carbons (Fsp3) is 0.231. The van der Waals surface area contributed by atoms with Crippen LogP contribution < -0.4 is 0 Å². The number of benzene rings is 3. The van der Waals surface area contributed by atoms with E-state index < -0.39 is 0 Å². The van der Waals surface area contributed by atoms with Crippen molar-refractivity contribution in [1.29, 1.82) is 0 Å². The van der Waals surface area contributed by atoms with Gasteiger partial charge in [-0.15, -0.1) is 0 Å². The summed E-state index contributed by atoms with van der Waals surface area (Å²) in [5.74, 6) is 0.347. The summed E-state index contributed by atoms with van der Waals surface area (Å²) in [5, 5.41) is 0. The molecule has 0 spiro atoms. The molecule has 0 radical (unpaired) electrons. The number of rotatable bonds is 4. The molecule has 1 atom stereocenters. The maximum Gasteiger partial charge on any atom is -0.000102 e. The van der Waals surface area contributed by atoms with Crippen LogP contribution in [0.4, 0.5) is 0 Å². The van der Waals surface area contributed by atoms with E-state index in [4.69, 9.17) is 0 Å². The van der Waals surface area contributed by atoms with Crippen molar-refractivity contribution >= 4 is 5.57 Å². The van der Waals surface area contributed by atoms with E-state index in [1.54, 1.807) is 0 Å². The molecule has 0 N–H and O–H groups in total. The lowest BCUT2D eigenvalue weighted by atomic mass is 9.85. The van der Waals surface area contributed by atoms with Crippen LogP contribution in [0.25, 0.3) is 5.57 Å². The molecule has 0 aliphatic carbocycles. The van der Waals surface area contributed by atoms with Gasteiger partial charge >= 0.3 is 0 Å². The second-order valence-corrected chi connectivity index (χ2v) is 7.97. The molecule has 0 aliphatic heterocycles. The fourth-order valence-corrected chi connectivity index (χ4v) is 3.23. The molecule has 26 heavy (non-hydrogen) atoms. The fourth-order valence-electron chi connectivity index (χ4n) is 3.23. The molecule has 3 rings (SSSR count). The zero-order chi connectivity index (χ0) is 18.6. The van der Waals surface area contributed by atoms with Crippen molar-refractivity contribution in [2.75, 3.05) is 0 Å². The van der Waals surface area contributed by atoms with Crippen LogP contribution in [-0.4, -0.2) is 0 Å². The molecule has 0 aromatic heterocycles. The summed E-state index contributed by atoms with van der Waals surface area (Å²) in [4.78, 5) is 0. The van der Waals surface area contributed by atoms with Crippen molar-refractivity contribution in [2.24, 2.45) is 0 Å². The Labute approximate surface area is 158 Å². The molecule has 0 nitrogen and oxygen atoms in total. The molecule has 0 saturated carbocycles. The average molecular weight is 341 g/mol. The van der Waals surface area contributed by atoms with E-state index in [1.165, 1.54) is 27.8 Å². The van der Waals surface area contributed by atoms with Gasteiger partial charge in [-0.05, 0) is 39.2 Å². The molecular weight excluding hydrogens is 312 g/mol. The predicted octanol–water partition coefficient (Wildman–Crippen LogP) is 7.22. The van der Waals surface area contributed by atoms with Crippen LogP contribution in [-0.2, 0) is 5.41 Å². The highest BCUT2D eigenvalue weighted by Gasteiger charge is 2.14. The lowest BCUT2D eigenvalue weighted by Gasteiger charge is -2.20. The average Bonchev–Trinajstić information content (AvgIpc) is 2.67. The standard InChI is InChI=1S/C26H28/c1-20(21-15-17-24(18-16-21)26(2,3)4)19-25(22-11-7-5-8-12-22)23-13-9-6-10-14-23/h5-20H,1-4H3. The zero-order valence-electron chi connectivity index (χ0n) is 16.2. The van der Waals surface area contributed by atoms with Crippen LogP contribution in [0, 0.1) is 0 Å². The molecule has 1 unspecified atom stereocenters. The van der Waals surface area contributed by atoms with E-state index in [9.17, 15) is 0 Å². The van der Waals surface area contributed by atoms with Crippen molar-refractivity contribution in [1.82, 2.24) is 0 Å². The van der Waals surface area contributed by atoms with E-state index in [1.807, 2.05) is 0 Å². The molecule has 0 heterocycles. The largest absolute Gasteiger partial charge is 0.0688 e. The molecule has 3 aromatic carbocycles. The van der Waals surface area contributed by atoms with Crippen LogP contribution in [0.1, 0.15) is 55.9 Å². The molecule has 0 bridgehead atoms. The van der Waals surface area contributed by atoms with Gasteiger partial charge in [0.15, 0.2) is 0 Å². The summed E-state index contributed by atoms with van der Waals surface area (Å²) in [7, 11) is 0. The monoisotopic (exact) mass is 340 g/mol. The molecule has 0 saturated heterocycles. The third-order valence-electron chi connectivity index (χ3n) is 4.89. The van der Waals surface area contributed by atoms with Gasteiger partial charge in [0, 0.05) is 0 Å². The summed E-state index contributed by atoms with van der Waals surface area (Å²) in [5.41, 5.74) is 6.73. The van der Waals surface area contributed by atoms with Gasteiger partial charge in [0.2, 0.25) is 0 Å². The van der Waals surface area contributed by atoms with E-state index in [-0.39, 0.29) is 5.41 Å². The quantitative estimate of drug-likeness (QED) is 0.470. The van der Waals surface area contributed by atoms with Crippen LogP contribution in [0.2, 0.25) is 0 Å². The number of hydrogen-bond acceptors (Lipinski definition) is 0. The summed E-state index contributed by atoms with van der Waals surface area (Å²) in [6.45, 7) is 9.05. The second-order valence-electron chi connectivity index (χ2n) is 7.97. The minimum absolute atomic E-state index is 0.191. The smallest absolute Gasteiger partial charge is 0.000102 e. The summed E-state index contributed by atoms with van der Waals surface area (Å²) >= 11 is 0. The summed E-state index contributed by atoms with van der Waals surface area (Å²) in [6.07, 6.45) is 2.39. The summed E-state index contributed by atoms with van der Waals surface area (Å²) in [6, 6.07) is 30.4. The first-order chi connectivity index (χ1) is 12.4. The summed E-state index contributed by atoms with van der Waals surface area (Å²) < 4.78 is 0. The van der Waals surface area contributed by atoms with Crippen molar-refractivity contribution < 1.29 is 0 Å². The molecule has 0 fully saturated rings. The Kier molecular flexibility index (Phi) is 5.42. The first-order valence-electron chi connectivity index (χ1n) is 9.38. The van der Waals surface area contributed by atoms with Gasteiger partial charge in [-0.3, -0.25) is 0 Å². The lowest BCUT2D eigenvalue weighted by Crippen LogP contribution is -2.10. The highest BCUT2D eigenvalue weighted by Crippen LogP contribution is 2.30. The minimum Gasteiger partial charge on any atom is -0.0688 e. The molecule has 3 aromatic rings. The number of hydrogen-bond donors (Lipinski definition) is 0. The van der Waals surface area contributed by atoms with Gasteiger partial charge in [0.25, 0.3) is 0 Å². The Morgan fingerprint density at radius 2 is 1.15 bits per heavy atom. The van der Waals surface area contributed by atoms with Gasteiger partial charge in [0.05, 0.1) is 0 Å². The van der Waals surface area contributed by atoms with E-state index in [0.29, 0.717) is 5.92 Å². The van der Waals surface area contributed by atoms with E-state index in [2.05, 4.69) is 119 Å². The molecular formula is C26H28. The third-order valence-corrected chi connectivity index (χ3v) is 4.89. The second kappa shape index (κ2) is 7.74. The molecule has 0 aliphatic rings. The van der Waals surface area contributed by atoms with Crippen LogP contribution in [0.3, 0.4) is 0 Å². The Balaban J connectivity index is 1.97. The van der Waals surface area contributed by atoms with Crippen LogP contribution in [0.15, 0.2) is 91.0 Å². The Morgan fingerprint density at radius 1 is 0.692 bits per heavy atom. The molecule has 0 heteroatoms. The van der Waals surface area contributed by atoms with Crippen LogP contribution in [0.5, 0.6) is 0 Å². The predicted molar refractivity (Wildman–Crippen MR) is 114 cm³/mol. The van der Waals surface area contributed by atoms with Crippen molar-refractivity contribution in [3.63, 3.8) is 0 Å². The van der Waals surface area contributed by atoms with Gasteiger partial charge < -0.3 is 0 Å². The molecule has 0 amide bonds. The Morgan fingerprint density at radius 3 is 1.58 bits per heavy atom. The van der Waals surface area contributed by atoms with Crippen molar-refractivity contribution in [2.45, 2.75) is 39.0 Å². The first kappa shape index (κ1) is 18.2. The Bertz CT molecular complexity index is 806. The van der Waals surface area contributed by atoms with Gasteiger partial charge in [-0.2, -0.15) is 0 Å². The number of allylic oxidation sites excluding steroid dienone is 1. The zero-order valence-corrected chi connectivity index (χ0v) is 16.2. The highest BCUT2D eigenvalue weighted by atomic mass is 14.2. The van der Waals surface area contributed by atoms with Crippen molar-refractivity contribution in [3.8, 4) is 0 Å². The maximum absolute atomic E-state index is 2.39. The highest BCUT2D eigenvalue weighted by molar-refractivity contribution is 5.80. The van der Waals surface area contributed by atoms with Crippen molar-refractivity contribution in [3.05, 3.63) is 113 Å².